The van der Waals surface area contributed by atoms with Gasteiger partial charge < -0.3 is 5.32 Å². The molecule has 0 aliphatic rings. The van der Waals surface area contributed by atoms with E-state index < -0.39 is 0 Å². The van der Waals surface area contributed by atoms with Gasteiger partial charge in [0.1, 0.15) is 0 Å². The molecule has 1 aromatic heterocycles. The van der Waals surface area contributed by atoms with Gasteiger partial charge in [-0.15, -0.1) is 0 Å². The smallest absolute Gasteiger partial charge is 0.266 e. The molecule has 0 aliphatic carbocycles. The minimum atomic E-state index is -0.188. The molecule has 1 N–H and O–H groups in total. The topological polar surface area (TPSA) is 64.0 Å². The van der Waals surface area contributed by atoms with Crippen LogP contribution in [0.15, 0.2) is 52.4 Å². The molecule has 7 heteroatoms. The molecule has 0 radical (unpaired) electrons. The van der Waals surface area contributed by atoms with Crippen LogP contribution in [0, 0.1) is 6.92 Å². The van der Waals surface area contributed by atoms with Gasteiger partial charge in [-0.25, -0.2) is 4.98 Å². The van der Waals surface area contributed by atoms with Crippen molar-refractivity contribution in [3.8, 4) is 5.69 Å². The Hall–Kier alpha value is -2.31. The molecule has 1 amide bonds. The molecule has 2 aromatic carbocycles. The van der Waals surface area contributed by atoms with E-state index in [1.165, 1.54) is 16.3 Å². The van der Waals surface area contributed by atoms with E-state index in [2.05, 4.69) is 10.3 Å². The number of hydrogen-bond donors (Lipinski definition) is 1. The second-order valence-electron chi connectivity index (χ2n) is 5.50. The van der Waals surface area contributed by atoms with Crippen LogP contribution in [-0.4, -0.2) is 28.3 Å². The Kier molecular flexibility index (Phi) is 5.11. The van der Waals surface area contributed by atoms with Gasteiger partial charge in [0.15, 0.2) is 5.16 Å². The summed E-state index contributed by atoms with van der Waals surface area (Å²) in [6.45, 7) is 1.96. The monoisotopic (exact) mass is 373 g/mol. The van der Waals surface area contributed by atoms with Gasteiger partial charge in [-0.2, -0.15) is 0 Å². The number of fused-ring (bicyclic) bond motifs is 1. The highest BCUT2D eigenvalue weighted by Crippen LogP contribution is 2.23. The number of amides is 1. The summed E-state index contributed by atoms with van der Waals surface area (Å²) >= 11 is 7.24. The summed E-state index contributed by atoms with van der Waals surface area (Å²) in [4.78, 5) is 29.2. The maximum atomic E-state index is 13.1. The summed E-state index contributed by atoms with van der Waals surface area (Å²) in [5.74, 6) is 0.0297. The number of carbonyl (C=O) groups excluding carboxylic acids is 1. The van der Waals surface area contributed by atoms with Crippen LogP contribution < -0.4 is 10.9 Å². The first-order valence-corrected chi connectivity index (χ1v) is 8.98. The summed E-state index contributed by atoms with van der Waals surface area (Å²) in [5.41, 5.74) is 2.07. The molecule has 0 saturated carbocycles. The van der Waals surface area contributed by atoms with Gasteiger partial charge in [0.05, 0.1) is 22.3 Å². The number of aromatic nitrogens is 2. The highest BCUT2D eigenvalue weighted by atomic mass is 35.5. The lowest BCUT2D eigenvalue weighted by molar-refractivity contribution is -0.118. The van der Waals surface area contributed by atoms with Crippen molar-refractivity contribution in [2.24, 2.45) is 0 Å². The average Bonchev–Trinajstić information content (AvgIpc) is 2.59. The van der Waals surface area contributed by atoms with Gasteiger partial charge in [0.25, 0.3) is 5.56 Å². The highest BCUT2D eigenvalue weighted by Gasteiger charge is 2.15. The molecule has 0 atom stereocenters. The van der Waals surface area contributed by atoms with Crippen LogP contribution in [-0.2, 0) is 4.79 Å². The first-order valence-electron chi connectivity index (χ1n) is 7.62. The van der Waals surface area contributed by atoms with E-state index in [0.717, 1.165) is 5.56 Å². The lowest BCUT2D eigenvalue weighted by atomic mass is 10.2. The third kappa shape index (κ3) is 3.70. The SMILES string of the molecule is CNC(=O)CSc1nc2cc(Cl)ccc2c(=O)n1-c1cccc(C)c1. The molecule has 25 heavy (non-hydrogen) atoms. The Morgan fingerprint density at radius 3 is 2.80 bits per heavy atom. The predicted octanol–water partition coefficient (Wildman–Crippen LogP) is 3.19. The van der Waals surface area contributed by atoms with Gasteiger partial charge in [0.2, 0.25) is 5.91 Å². The fourth-order valence-electron chi connectivity index (χ4n) is 2.43. The zero-order valence-electron chi connectivity index (χ0n) is 13.7. The number of nitrogens with one attached hydrogen (secondary N) is 1. The maximum Gasteiger partial charge on any atom is 0.266 e. The summed E-state index contributed by atoms with van der Waals surface area (Å²) in [6.07, 6.45) is 0. The lowest BCUT2D eigenvalue weighted by Gasteiger charge is -2.13. The van der Waals surface area contributed by atoms with Crippen LogP contribution in [0.2, 0.25) is 5.02 Å². The Morgan fingerprint density at radius 1 is 1.28 bits per heavy atom. The first-order chi connectivity index (χ1) is 12.0. The van der Waals surface area contributed by atoms with E-state index in [9.17, 15) is 9.59 Å². The van der Waals surface area contributed by atoms with Crippen molar-refractivity contribution in [1.82, 2.24) is 14.9 Å². The van der Waals surface area contributed by atoms with Crippen LogP contribution >= 0.6 is 23.4 Å². The summed E-state index contributed by atoms with van der Waals surface area (Å²) in [6, 6.07) is 12.6. The van der Waals surface area contributed by atoms with Crippen LogP contribution in [0.25, 0.3) is 16.6 Å². The van der Waals surface area contributed by atoms with Gasteiger partial charge in [-0.1, -0.05) is 35.5 Å². The molecule has 1 heterocycles. The molecular formula is C18H16ClN3O2S. The second kappa shape index (κ2) is 7.29. The first kappa shape index (κ1) is 17.5. The van der Waals surface area contributed by atoms with E-state index in [-0.39, 0.29) is 17.2 Å². The summed E-state index contributed by atoms with van der Waals surface area (Å²) < 4.78 is 1.54. The van der Waals surface area contributed by atoms with Crippen LogP contribution in [0.3, 0.4) is 0 Å². The van der Waals surface area contributed by atoms with Crippen molar-refractivity contribution in [3.63, 3.8) is 0 Å². The van der Waals surface area contributed by atoms with Crippen LogP contribution in [0.1, 0.15) is 5.56 Å². The molecule has 0 spiro atoms. The molecule has 5 nitrogen and oxygen atoms in total. The number of carbonyl (C=O) groups is 1. The minimum Gasteiger partial charge on any atom is -0.358 e. The van der Waals surface area contributed by atoms with Crippen molar-refractivity contribution >= 4 is 40.2 Å². The molecule has 3 aromatic rings. The van der Waals surface area contributed by atoms with Crippen molar-refractivity contribution in [2.45, 2.75) is 12.1 Å². The normalized spacial score (nSPS) is 10.8. The lowest BCUT2D eigenvalue weighted by Crippen LogP contribution is -2.24. The molecule has 0 saturated heterocycles. The van der Waals surface area contributed by atoms with Crippen molar-refractivity contribution < 1.29 is 4.79 Å². The maximum absolute atomic E-state index is 13.1. The molecule has 0 bridgehead atoms. The quantitative estimate of drug-likeness (QED) is 0.563. The van der Waals surface area contributed by atoms with Gasteiger partial charge >= 0.3 is 0 Å². The molecule has 0 aliphatic heterocycles. The molecule has 0 fully saturated rings. The van der Waals surface area contributed by atoms with Crippen molar-refractivity contribution in [2.75, 3.05) is 12.8 Å². The average molecular weight is 374 g/mol. The fraction of sp³-hybridized carbons (Fsp3) is 0.167. The summed E-state index contributed by atoms with van der Waals surface area (Å²) in [7, 11) is 1.57. The Balaban J connectivity index is 2.24. The number of halogens is 1. The third-order valence-corrected chi connectivity index (χ3v) is 4.85. The van der Waals surface area contributed by atoms with E-state index in [1.807, 2.05) is 31.2 Å². The highest BCUT2D eigenvalue weighted by molar-refractivity contribution is 7.99. The van der Waals surface area contributed by atoms with Gasteiger partial charge in [-0.3, -0.25) is 14.2 Å². The Morgan fingerprint density at radius 2 is 2.08 bits per heavy atom. The number of nitrogens with zero attached hydrogens (tertiary/aromatic N) is 2. The molecule has 3 rings (SSSR count). The van der Waals surface area contributed by atoms with Gasteiger partial charge in [-0.05, 0) is 42.8 Å². The number of benzene rings is 2. The van der Waals surface area contributed by atoms with E-state index in [1.54, 1.807) is 25.2 Å². The van der Waals surface area contributed by atoms with Crippen LogP contribution in [0.4, 0.5) is 0 Å². The van der Waals surface area contributed by atoms with Crippen LogP contribution in [0.5, 0.6) is 0 Å². The summed E-state index contributed by atoms with van der Waals surface area (Å²) in [5, 5.41) is 4.01. The fourth-order valence-corrected chi connectivity index (χ4v) is 3.48. The van der Waals surface area contributed by atoms with E-state index in [4.69, 9.17) is 11.6 Å². The number of hydrogen-bond acceptors (Lipinski definition) is 4. The predicted molar refractivity (Wildman–Crippen MR) is 102 cm³/mol. The Labute approximate surface area is 154 Å². The zero-order valence-corrected chi connectivity index (χ0v) is 15.3. The third-order valence-electron chi connectivity index (χ3n) is 3.67. The molecule has 0 unspecified atom stereocenters. The minimum absolute atomic E-state index is 0.138. The number of rotatable bonds is 4. The van der Waals surface area contributed by atoms with Crippen molar-refractivity contribution in [3.05, 3.63) is 63.4 Å². The zero-order chi connectivity index (χ0) is 18.0. The number of thioether (sulfide) groups is 1. The second-order valence-corrected chi connectivity index (χ2v) is 6.88. The molecular weight excluding hydrogens is 358 g/mol. The van der Waals surface area contributed by atoms with E-state index >= 15 is 0 Å². The largest absolute Gasteiger partial charge is 0.358 e. The number of aryl methyl sites for hydroxylation is 1. The van der Waals surface area contributed by atoms with E-state index in [0.29, 0.717) is 26.8 Å². The van der Waals surface area contributed by atoms with Gasteiger partial charge in [0, 0.05) is 12.1 Å². The van der Waals surface area contributed by atoms with Crippen molar-refractivity contribution in [1.29, 1.82) is 0 Å². The Bertz CT molecular complexity index is 1020. The standard InChI is InChI=1S/C18H16ClN3O2S/c1-11-4-3-5-13(8-11)22-17(24)14-7-6-12(19)9-15(14)21-18(22)25-10-16(23)20-2/h3-9H,10H2,1-2H3,(H,20,23). The molecule has 128 valence electrons.